The summed E-state index contributed by atoms with van der Waals surface area (Å²) in [6.45, 7) is 1.42. The number of aromatic nitrogens is 2. The monoisotopic (exact) mass is 533 g/mol. The summed E-state index contributed by atoms with van der Waals surface area (Å²) < 4.78 is 17.3. The second-order valence-corrected chi connectivity index (χ2v) is 9.77. The Kier molecular flexibility index (Phi) is 7.49. The van der Waals surface area contributed by atoms with Crippen LogP contribution < -0.4 is 10.1 Å². The molecule has 196 valence electrons. The number of anilines is 1. The number of aliphatic hydroxyl groups is 1. The van der Waals surface area contributed by atoms with Crippen molar-refractivity contribution in [3.05, 3.63) is 58.9 Å². The van der Waals surface area contributed by atoms with Crippen LogP contribution in [0.1, 0.15) is 30.2 Å². The number of nitriles is 1. The van der Waals surface area contributed by atoms with E-state index in [1.807, 2.05) is 12.1 Å². The number of benzene rings is 1. The fraction of sp³-hybridized carbons (Fsp3) is 0.321. The van der Waals surface area contributed by atoms with Crippen LogP contribution in [0, 0.1) is 11.3 Å². The zero-order valence-electron chi connectivity index (χ0n) is 21.4. The van der Waals surface area contributed by atoms with Gasteiger partial charge in [0.25, 0.3) is 0 Å². The first-order valence-electron chi connectivity index (χ1n) is 12.2. The summed E-state index contributed by atoms with van der Waals surface area (Å²) in [5.74, 6) is 0.891. The van der Waals surface area contributed by atoms with Gasteiger partial charge in [-0.25, -0.2) is 4.98 Å². The molecule has 0 bridgehead atoms. The Balaban J connectivity index is 1.54. The summed E-state index contributed by atoms with van der Waals surface area (Å²) in [7, 11) is 5.08. The molecule has 0 amide bonds. The van der Waals surface area contributed by atoms with Gasteiger partial charge in [-0.3, -0.25) is 9.88 Å². The number of methoxy groups -OCH3 is 1. The van der Waals surface area contributed by atoms with Gasteiger partial charge >= 0.3 is 0 Å². The first kappa shape index (κ1) is 25.9. The van der Waals surface area contributed by atoms with Crippen molar-refractivity contribution >= 4 is 28.4 Å². The highest BCUT2D eigenvalue weighted by Crippen LogP contribution is 2.40. The van der Waals surface area contributed by atoms with Crippen LogP contribution in [-0.4, -0.2) is 60.4 Å². The molecule has 0 spiro atoms. The number of hydrogen-bond donors (Lipinski definition) is 2. The van der Waals surface area contributed by atoms with Crippen molar-refractivity contribution in [1.29, 1.82) is 5.26 Å². The molecule has 4 heterocycles. The van der Waals surface area contributed by atoms with Crippen LogP contribution >= 0.6 is 11.6 Å². The number of ether oxygens (including phenoxy) is 2. The lowest BCUT2D eigenvalue weighted by Gasteiger charge is -2.24. The maximum absolute atomic E-state index is 10.4. The summed E-state index contributed by atoms with van der Waals surface area (Å²) in [6, 6.07) is 11.7. The Bertz CT molecular complexity index is 1510. The van der Waals surface area contributed by atoms with Crippen molar-refractivity contribution in [2.24, 2.45) is 0 Å². The summed E-state index contributed by atoms with van der Waals surface area (Å²) in [5, 5.41) is 24.1. The van der Waals surface area contributed by atoms with Crippen LogP contribution in [0.3, 0.4) is 0 Å². The molecule has 0 aliphatic carbocycles. The van der Waals surface area contributed by atoms with Gasteiger partial charge in [-0.15, -0.1) is 0 Å². The summed E-state index contributed by atoms with van der Waals surface area (Å²) in [4.78, 5) is 10.6. The number of nitrogens with zero attached hydrogens (tertiary/aromatic N) is 4. The van der Waals surface area contributed by atoms with E-state index in [0.29, 0.717) is 63.2 Å². The van der Waals surface area contributed by atoms with Crippen molar-refractivity contribution in [3.63, 3.8) is 0 Å². The van der Waals surface area contributed by atoms with E-state index in [2.05, 4.69) is 21.4 Å². The third-order valence-corrected chi connectivity index (χ3v) is 6.91. The van der Waals surface area contributed by atoms with Gasteiger partial charge in [0.05, 0.1) is 23.4 Å². The van der Waals surface area contributed by atoms with Gasteiger partial charge in [0.1, 0.15) is 29.3 Å². The molecule has 1 aromatic carbocycles. The fourth-order valence-electron chi connectivity index (χ4n) is 4.56. The smallest absolute Gasteiger partial charge is 0.162 e. The molecule has 1 unspecified atom stereocenters. The maximum Gasteiger partial charge on any atom is 0.162 e. The van der Waals surface area contributed by atoms with Gasteiger partial charge in [0.15, 0.2) is 11.3 Å². The van der Waals surface area contributed by atoms with Crippen molar-refractivity contribution in [2.75, 3.05) is 39.7 Å². The molecule has 10 heteroatoms. The number of hydrogen-bond acceptors (Lipinski definition) is 9. The lowest BCUT2D eigenvalue weighted by atomic mass is 10.0. The molecule has 1 fully saturated rings. The fourth-order valence-corrected chi connectivity index (χ4v) is 4.80. The van der Waals surface area contributed by atoms with Crippen LogP contribution in [0.4, 0.5) is 5.69 Å². The van der Waals surface area contributed by atoms with Crippen molar-refractivity contribution in [1.82, 2.24) is 14.9 Å². The second kappa shape index (κ2) is 11.0. The van der Waals surface area contributed by atoms with E-state index in [9.17, 15) is 10.4 Å². The summed E-state index contributed by atoms with van der Waals surface area (Å²) in [5.41, 5.74) is 4.78. The van der Waals surface area contributed by atoms with E-state index in [-0.39, 0.29) is 6.04 Å². The molecule has 1 aliphatic heterocycles. The van der Waals surface area contributed by atoms with E-state index in [1.165, 1.54) is 7.11 Å². The van der Waals surface area contributed by atoms with Gasteiger partial charge in [-0.2, -0.15) is 5.26 Å². The molecule has 4 aromatic rings. The molecule has 9 nitrogen and oxygen atoms in total. The number of rotatable bonds is 7. The molecule has 3 aromatic heterocycles. The van der Waals surface area contributed by atoms with E-state index in [4.69, 9.17) is 25.5 Å². The molecule has 2 N–H and O–H groups in total. The molecule has 1 atom stereocenters. The summed E-state index contributed by atoms with van der Waals surface area (Å²) in [6.07, 6.45) is 4.11. The highest BCUT2D eigenvalue weighted by Gasteiger charge is 2.22. The number of nitrogens with one attached hydrogen (secondary N) is 1. The van der Waals surface area contributed by atoms with Gasteiger partial charge in [-0.05, 0) is 50.7 Å². The third-order valence-electron chi connectivity index (χ3n) is 6.62. The minimum atomic E-state index is -0.827. The Labute approximate surface area is 225 Å². The number of pyridine rings is 2. The van der Waals surface area contributed by atoms with Crippen molar-refractivity contribution < 1.29 is 19.0 Å². The quantitative estimate of drug-likeness (QED) is 0.308. The van der Waals surface area contributed by atoms with Gasteiger partial charge < -0.3 is 24.3 Å². The largest absolute Gasteiger partial charge is 0.494 e. The number of halogens is 1. The number of fused-ring (bicyclic) bond motifs is 1. The molecular formula is C28H28ClN5O4. The van der Waals surface area contributed by atoms with Crippen molar-refractivity contribution in [2.45, 2.75) is 25.1 Å². The Morgan fingerprint density at radius 1 is 1.18 bits per heavy atom. The normalized spacial score (nSPS) is 15.0. The Hall–Kier alpha value is -3.68. The molecule has 1 saturated heterocycles. The van der Waals surface area contributed by atoms with E-state index >= 15 is 0 Å². The Morgan fingerprint density at radius 2 is 1.97 bits per heavy atom. The second-order valence-electron chi connectivity index (χ2n) is 9.37. The summed E-state index contributed by atoms with van der Waals surface area (Å²) >= 11 is 6.62. The topological polar surface area (TPSA) is 117 Å². The SMILES string of the molecule is COc1cc(C(O)N(C)C)cnc1-c1cc2ncc(Cl)c(-c3ccc(NC4CCOCC4)c(C#N)c3)c2o1. The van der Waals surface area contributed by atoms with Crippen LogP contribution in [0.25, 0.3) is 33.7 Å². The first-order valence-corrected chi connectivity index (χ1v) is 12.6. The van der Waals surface area contributed by atoms with Gasteiger partial charge in [0.2, 0.25) is 0 Å². The standard InChI is InChI=1S/C28H28ClN5O4/c1-34(2)28(35)18-11-23(36-3)26(32-14-18)24-12-22-27(38-24)25(20(29)15-31-22)16-4-5-21(17(10-16)13-30)33-19-6-8-37-9-7-19/h4-5,10-12,14-15,19,28,33,35H,6-9H2,1-3H3. The Morgan fingerprint density at radius 3 is 2.68 bits per heavy atom. The average Bonchev–Trinajstić information content (AvgIpc) is 3.37. The highest BCUT2D eigenvalue weighted by molar-refractivity contribution is 6.34. The minimum absolute atomic E-state index is 0.262. The number of aliphatic hydroxyl groups excluding tert-OH is 1. The predicted molar refractivity (Wildman–Crippen MR) is 145 cm³/mol. The van der Waals surface area contributed by atoms with E-state index < -0.39 is 6.23 Å². The highest BCUT2D eigenvalue weighted by atomic mass is 35.5. The predicted octanol–water partition coefficient (Wildman–Crippen LogP) is 5.23. The third kappa shape index (κ3) is 5.04. The lowest BCUT2D eigenvalue weighted by Crippen LogP contribution is -2.28. The first-order chi connectivity index (χ1) is 18.4. The van der Waals surface area contributed by atoms with Crippen molar-refractivity contribution in [3.8, 4) is 34.4 Å². The molecule has 5 rings (SSSR count). The van der Waals surface area contributed by atoms with Crippen LogP contribution in [-0.2, 0) is 4.74 Å². The van der Waals surface area contributed by atoms with E-state index in [1.54, 1.807) is 49.6 Å². The zero-order valence-corrected chi connectivity index (χ0v) is 22.1. The zero-order chi connectivity index (χ0) is 26.8. The van der Waals surface area contributed by atoms with Gasteiger partial charge in [-0.1, -0.05) is 17.7 Å². The average molecular weight is 534 g/mol. The molecule has 0 radical (unpaired) electrons. The van der Waals surface area contributed by atoms with Crippen LogP contribution in [0.15, 0.2) is 47.1 Å². The molecular weight excluding hydrogens is 506 g/mol. The van der Waals surface area contributed by atoms with Crippen LogP contribution in [0.5, 0.6) is 5.75 Å². The molecule has 0 saturated carbocycles. The van der Waals surface area contributed by atoms with Gasteiger partial charge in [0, 0.05) is 48.8 Å². The van der Waals surface area contributed by atoms with Crippen LogP contribution in [0.2, 0.25) is 5.02 Å². The van der Waals surface area contributed by atoms with E-state index in [0.717, 1.165) is 24.1 Å². The maximum atomic E-state index is 10.4. The lowest BCUT2D eigenvalue weighted by molar-refractivity contribution is 0.0391. The number of furan rings is 1. The minimum Gasteiger partial charge on any atom is -0.494 e. The molecule has 38 heavy (non-hydrogen) atoms. The molecule has 1 aliphatic rings.